The highest BCUT2D eigenvalue weighted by molar-refractivity contribution is 6.08. The SMILES string of the molecule is COc1ccc(NC(=O)C2CC(=O)N(c3cccc4ccccc34)C2)cc1OC. The minimum absolute atomic E-state index is 0.0474. The van der Waals surface area contributed by atoms with Crippen molar-refractivity contribution in [3.8, 4) is 11.5 Å². The monoisotopic (exact) mass is 390 g/mol. The van der Waals surface area contributed by atoms with Crippen LogP contribution in [0.2, 0.25) is 0 Å². The van der Waals surface area contributed by atoms with Gasteiger partial charge in [-0.1, -0.05) is 36.4 Å². The highest BCUT2D eigenvalue weighted by Gasteiger charge is 2.35. The van der Waals surface area contributed by atoms with E-state index in [0.717, 1.165) is 16.5 Å². The average Bonchev–Trinajstić information content (AvgIpc) is 3.14. The first-order valence-corrected chi connectivity index (χ1v) is 9.41. The second-order valence-electron chi connectivity index (χ2n) is 6.96. The zero-order valence-corrected chi connectivity index (χ0v) is 16.3. The number of rotatable bonds is 5. The first-order chi connectivity index (χ1) is 14.1. The van der Waals surface area contributed by atoms with Crippen molar-refractivity contribution in [2.24, 2.45) is 5.92 Å². The molecule has 2 amide bonds. The topological polar surface area (TPSA) is 67.9 Å². The number of ether oxygens (including phenoxy) is 2. The van der Waals surface area contributed by atoms with E-state index in [9.17, 15) is 9.59 Å². The summed E-state index contributed by atoms with van der Waals surface area (Å²) in [6.07, 6.45) is 0.183. The highest BCUT2D eigenvalue weighted by Crippen LogP contribution is 2.33. The van der Waals surface area contributed by atoms with E-state index in [4.69, 9.17) is 9.47 Å². The average molecular weight is 390 g/mol. The van der Waals surface area contributed by atoms with E-state index in [0.29, 0.717) is 23.7 Å². The molecular formula is C23H22N2O4. The summed E-state index contributed by atoms with van der Waals surface area (Å²) in [5, 5.41) is 4.96. The van der Waals surface area contributed by atoms with Crippen molar-refractivity contribution in [3.63, 3.8) is 0 Å². The number of benzene rings is 3. The van der Waals surface area contributed by atoms with Crippen molar-refractivity contribution in [2.45, 2.75) is 6.42 Å². The Morgan fingerprint density at radius 3 is 2.55 bits per heavy atom. The fourth-order valence-corrected chi connectivity index (χ4v) is 3.72. The minimum atomic E-state index is -0.422. The summed E-state index contributed by atoms with van der Waals surface area (Å²) in [5.41, 5.74) is 1.44. The summed E-state index contributed by atoms with van der Waals surface area (Å²) in [7, 11) is 3.10. The highest BCUT2D eigenvalue weighted by atomic mass is 16.5. The Kier molecular flexibility index (Phi) is 5.08. The van der Waals surface area contributed by atoms with E-state index in [1.807, 2.05) is 42.5 Å². The Hall–Kier alpha value is -3.54. The number of anilines is 2. The molecule has 1 aliphatic heterocycles. The van der Waals surface area contributed by atoms with Crippen molar-refractivity contribution in [1.29, 1.82) is 0 Å². The number of nitrogens with zero attached hydrogens (tertiary/aromatic N) is 1. The lowest BCUT2D eigenvalue weighted by Gasteiger charge is -2.19. The number of carbonyl (C=O) groups is 2. The maximum atomic E-state index is 12.8. The van der Waals surface area contributed by atoms with Crippen LogP contribution in [0.3, 0.4) is 0 Å². The van der Waals surface area contributed by atoms with Crippen molar-refractivity contribution < 1.29 is 19.1 Å². The maximum absolute atomic E-state index is 12.8. The van der Waals surface area contributed by atoms with Gasteiger partial charge in [0.1, 0.15) is 0 Å². The number of carbonyl (C=O) groups excluding carboxylic acids is 2. The van der Waals surface area contributed by atoms with E-state index in [1.54, 1.807) is 37.3 Å². The second kappa shape index (κ2) is 7.83. The van der Waals surface area contributed by atoms with Crippen LogP contribution in [0.25, 0.3) is 10.8 Å². The molecule has 0 aliphatic carbocycles. The van der Waals surface area contributed by atoms with Crippen LogP contribution in [-0.4, -0.2) is 32.6 Å². The second-order valence-corrected chi connectivity index (χ2v) is 6.96. The van der Waals surface area contributed by atoms with Crippen molar-refractivity contribution in [1.82, 2.24) is 0 Å². The quantitative estimate of drug-likeness (QED) is 0.719. The van der Waals surface area contributed by atoms with Crippen LogP contribution in [-0.2, 0) is 9.59 Å². The number of fused-ring (bicyclic) bond motifs is 1. The predicted octanol–water partition coefficient (Wildman–Crippen LogP) is 3.85. The molecule has 0 spiro atoms. The van der Waals surface area contributed by atoms with E-state index in [-0.39, 0.29) is 18.2 Å². The Morgan fingerprint density at radius 2 is 1.76 bits per heavy atom. The fraction of sp³-hybridized carbons (Fsp3) is 0.217. The molecule has 1 aliphatic rings. The third-order valence-corrected chi connectivity index (χ3v) is 5.20. The van der Waals surface area contributed by atoms with E-state index in [1.165, 1.54) is 0 Å². The largest absolute Gasteiger partial charge is 0.493 e. The van der Waals surface area contributed by atoms with Gasteiger partial charge in [-0.25, -0.2) is 0 Å². The molecule has 3 aromatic carbocycles. The summed E-state index contributed by atoms with van der Waals surface area (Å²) < 4.78 is 10.5. The molecule has 6 nitrogen and oxygen atoms in total. The molecule has 29 heavy (non-hydrogen) atoms. The number of hydrogen-bond acceptors (Lipinski definition) is 4. The summed E-state index contributed by atoms with van der Waals surface area (Å²) in [5.74, 6) is 0.463. The van der Waals surface area contributed by atoms with Gasteiger partial charge in [-0.2, -0.15) is 0 Å². The van der Waals surface area contributed by atoms with E-state index < -0.39 is 5.92 Å². The van der Waals surface area contributed by atoms with E-state index in [2.05, 4.69) is 5.32 Å². The molecule has 6 heteroatoms. The molecule has 4 rings (SSSR count). The maximum Gasteiger partial charge on any atom is 0.229 e. The molecule has 1 unspecified atom stereocenters. The third kappa shape index (κ3) is 3.61. The molecule has 148 valence electrons. The summed E-state index contributed by atoms with van der Waals surface area (Å²) in [4.78, 5) is 27.2. The van der Waals surface area contributed by atoms with Crippen LogP contribution in [0, 0.1) is 5.92 Å². The molecule has 0 bridgehead atoms. The zero-order valence-electron chi connectivity index (χ0n) is 16.3. The summed E-state index contributed by atoms with van der Waals surface area (Å²) in [6.45, 7) is 0.353. The summed E-state index contributed by atoms with van der Waals surface area (Å²) >= 11 is 0. The standard InChI is InChI=1S/C23H22N2O4/c1-28-20-11-10-17(13-21(20)29-2)24-23(27)16-12-22(26)25(14-16)19-9-5-7-15-6-3-4-8-18(15)19/h3-11,13,16H,12,14H2,1-2H3,(H,24,27). The van der Waals surface area contributed by atoms with Crippen LogP contribution in [0.1, 0.15) is 6.42 Å². The minimum Gasteiger partial charge on any atom is -0.493 e. The Bertz CT molecular complexity index is 1070. The van der Waals surface area contributed by atoms with Crippen LogP contribution < -0.4 is 19.7 Å². The van der Waals surface area contributed by atoms with Crippen LogP contribution in [0.4, 0.5) is 11.4 Å². The third-order valence-electron chi connectivity index (χ3n) is 5.20. The molecule has 1 heterocycles. The van der Waals surface area contributed by atoms with Crippen LogP contribution in [0.15, 0.2) is 60.7 Å². The molecule has 0 saturated carbocycles. The smallest absolute Gasteiger partial charge is 0.229 e. The number of methoxy groups -OCH3 is 2. The van der Waals surface area contributed by atoms with Crippen molar-refractivity contribution in [3.05, 3.63) is 60.7 Å². The lowest BCUT2D eigenvalue weighted by atomic mass is 10.1. The molecule has 1 N–H and O–H groups in total. The predicted molar refractivity (Wildman–Crippen MR) is 113 cm³/mol. The molecule has 1 fully saturated rings. The lowest BCUT2D eigenvalue weighted by molar-refractivity contribution is -0.122. The van der Waals surface area contributed by atoms with Gasteiger partial charge in [-0.05, 0) is 23.6 Å². The molecule has 0 radical (unpaired) electrons. The van der Waals surface area contributed by atoms with Gasteiger partial charge in [0.25, 0.3) is 0 Å². The Morgan fingerprint density at radius 1 is 1.00 bits per heavy atom. The normalized spacial score (nSPS) is 16.1. The van der Waals surface area contributed by atoms with Gasteiger partial charge in [-0.15, -0.1) is 0 Å². The van der Waals surface area contributed by atoms with Gasteiger partial charge in [0.15, 0.2) is 11.5 Å². The number of amides is 2. The van der Waals surface area contributed by atoms with Gasteiger partial charge >= 0.3 is 0 Å². The molecule has 3 aromatic rings. The lowest BCUT2D eigenvalue weighted by Crippen LogP contribution is -2.28. The zero-order chi connectivity index (χ0) is 20.4. The molecule has 1 atom stereocenters. The van der Waals surface area contributed by atoms with Gasteiger partial charge in [0.2, 0.25) is 11.8 Å². The molecular weight excluding hydrogens is 368 g/mol. The van der Waals surface area contributed by atoms with Crippen molar-refractivity contribution >= 4 is 34.0 Å². The molecule has 0 aromatic heterocycles. The first kappa shape index (κ1) is 18.8. The van der Waals surface area contributed by atoms with Crippen molar-refractivity contribution in [2.75, 3.05) is 31.0 Å². The Balaban J connectivity index is 1.52. The number of nitrogens with one attached hydrogen (secondary N) is 1. The van der Waals surface area contributed by atoms with Crippen LogP contribution >= 0.6 is 0 Å². The summed E-state index contributed by atoms with van der Waals surface area (Å²) in [6, 6.07) is 19.0. The van der Waals surface area contributed by atoms with Crippen LogP contribution in [0.5, 0.6) is 11.5 Å². The van der Waals surface area contributed by atoms with Gasteiger partial charge in [0.05, 0.1) is 25.8 Å². The van der Waals surface area contributed by atoms with Gasteiger partial charge in [-0.3, -0.25) is 9.59 Å². The van der Waals surface area contributed by atoms with E-state index >= 15 is 0 Å². The van der Waals surface area contributed by atoms with Gasteiger partial charge in [0, 0.05) is 30.1 Å². The fourth-order valence-electron chi connectivity index (χ4n) is 3.72. The molecule has 1 saturated heterocycles. The number of hydrogen-bond donors (Lipinski definition) is 1. The first-order valence-electron chi connectivity index (χ1n) is 9.41. The van der Waals surface area contributed by atoms with Gasteiger partial charge < -0.3 is 19.7 Å². The Labute approximate surface area is 169 Å².